The second-order valence-electron chi connectivity index (χ2n) is 7.11. The number of hydrogen-bond acceptors (Lipinski definition) is 3. The van der Waals surface area contributed by atoms with E-state index < -0.39 is 6.04 Å². The van der Waals surface area contributed by atoms with Crippen LogP contribution >= 0.6 is 23.4 Å². The molecule has 2 atom stereocenters. The summed E-state index contributed by atoms with van der Waals surface area (Å²) in [5.41, 5.74) is 3.09. The van der Waals surface area contributed by atoms with Gasteiger partial charge >= 0.3 is 0 Å². The SMILES string of the molecule is CC(=O)N1CSCC1C(=O)NCC(c1ccccc1Cl)c1c[nH]c2ccccc12. The summed E-state index contributed by atoms with van der Waals surface area (Å²) < 4.78 is 0. The number of fused-ring (bicyclic) bond motifs is 1. The molecule has 0 saturated carbocycles. The molecule has 0 radical (unpaired) electrons. The van der Waals surface area contributed by atoms with Crippen LogP contribution in [0.4, 0.5) is 0 Å². The molecule has 7 heteroatoms. The largest absolute Gasteiger partial charge is 0.361 e. The van der Waals surface area contributed by atoms with E-state index in [1.54, 1.807) is 16.7 Å². The zero-order valence-electron chi connectivity index (χ0n) is 16.0. The van der Waals surface area contributed by atoms with E-state index in [-0.39, 0.29) is 17.7 Å². The topological polar surface area (TPSA) is 65.2 Å². The van der Waals surface area contributed by atoms with E-state index in [1.807, 2.05) is 48.7 Å². The number of aromatic nitrogens is 1. The van der Waals surface area contributed by atoms with Crippen LogP contribution in [0.25, 0.3) is 10.9 Å². The average molecular weight is 428 g/mol. The van der Waals surface area contributed by atoms with Gasteiger partial charge in [-0.2, -0.15) is 0 Å². The molecule has 3 aromatic rings. The monoisotopic (exact) mass is 427 g/mol. The number of rotatable bonds is 5. The van der Waals surface area contributed by atoms with Gasteiger partial charge in [-0.15, -0.1) is 11.8 Å². The molecule has 2 heterocycles. The molecular formula is C22H22ClN3O2S. The van der Waals surface area contributed by atoms with Gasteiger partial charge in [0.1, 0.15) is 6.04 Å². The van der Waals surface area contributed by atoms with E-state index in [9.17, 15) is 9.59 Å². The maximum absolute atomic E-state index is 12.9. The van der Waals surface area contributed by atoms with Crippen molar-refractivity contribution in [3.8, 4) is 0 Å². The molecule has 1 fully saturated rings. The van der Waals surface area contributed by atoms with Crippen molar-refractivity contribution in [2.24, 2.45) is 0 Å². The average Bonchev–Trinajstić information content (AvgIpc) is 3.37. The van der Waals surface area contributed by atoms with Crippen molar-refractivity contribution in [3.05, 3.63) is 70.9 Å². The van der Waals surface area contributed by atoms with E-state index in [1.165, 1.54) is 6.92 Å². The number of hydrogen-bond donors (Lipinski definition) is 2. The normalized spacial score (nSPS) is 17.4. The fourth-order valence-electron chi connectivity index (χ4n) is 3.82. The highest BCUT2D eigenvalue weighted by Gasteiger charge is 2.33. The van der Waals surface area contributed by atoms with Crippen molar-refractivity contribution in [3.63, 3.8) is 0 Å². The quantitative estimate of drug-likeness (QED) is 0.647. The lowest BCUT2D eigenvalue weighted by molar-refractivity contribution is -0.136. The number of nitrogens with one attached hydrogen (secondary N) is 2. The summed E-state index contributed by atoms with van der Waals surface area (Å²) in [6.45, 7) is 1.90. The first kappa shape index (κ1) is 19.9. The molecule has 2 amide bonds. The molecule has 2 aromatic carbocycles. The van der Waals surface area contributed by atoms with Gasteiger partial charge in [0.05, 0.1) is 5.88 Å². The second-order valence-corrected chi connectivity index (χ2v) is 8.52. The molecule has 2 unspecified atom stereocenters. The minimum absolute atomic E-state index is 0.0746. The van der Waals surface area contributed by atoms with Gasteiger partial charge in [-0.25, -0.2) is 0 Å². The van der Waals surface area contributed by atoms with E-state index >= 15 is 0 Å². The highest BCUT2D eigenvalue weighted by molar-refractivity contribution is 7.99. The van der Waals surface area contributed by atoms with E-state index in [0.29, 0.717) is 23.2 Å². The van der Waals surface area contributed by atoms with Gasteiger partial charge in [0, 0.05) is 47.3 Å². The van der Waals surface area contributed by atoms with Crippen molar-refractivity contribution in [2.75, 3.05) is 18.2 Å². The molecule has 4 rings (SSSR count). The van der Waals surface area contributed by atoms with Gasteiger partial charge in [-0.05, 0) is 23.3 Å². The molecule has 1 aliphatic rings. The molecule has 0 spiro atoms. The number of halogens is 1. The van der Waals surface area contributed by atoms with Gasteiger partial charge < -0.3 is 15.2 Å². The number of H-pyrrole nitrogens is 1. The predicted molar refractivity (Wildman–Crippen MR) is 118 cm³/mol. The highest BCUT2D eigenvalue weighted by Crippen LogP contribution is 2.34. The third-order valence-corrected chi connectivity index (χ3v) is 6.70. The zero-order valence-corrected chi connectivity index (χ0v) is 17.6. The van der Waals surface area contributed by atoms with Crippen molar-refractivity contribution in [2.45, 2.75) is 18.9 Å². The number of carbonyl (C=O) groups is 2. The van der Waals surface area contributed by atoms with Crippen molar-refractivity contribution in [1.82, 2.24) is 15.2 Å². The number of thioether (sulfide) groups is 1. The first-order chi connectivity index (χ1) is 14.1. The Morgan fingerprint density at radius 1 is 1.21 bits per heavy atom. The third kappa shape index (κ3) is 4.00. The summed E-state index contributed by atoms with van der Waals surface area (Å²) in [5.74, 6) is 0.874. The molecular weight excluding hydrogens is 406 g/mol. The number of nitrogens with zero attached hydrogens (tertiary/aromatic N) is 1. The maximum atomic E-state index is 12.9. The summed E-state index contributed by atoms with van der Waals surface area (Å²) in [6, 6.07) is 15.4. The van der Waals surface area contributed by atoms with Gasteiger partial charge in [0.2, 0.25) is 11.8 Å². The Bertz CT molecular complexity index is 1050. The Morgan fingerprint density at radius 2 is 1.97 bits per heavy atom. The molecule has 29 heavy (non-hydrogen) atoms. The first-order valence-electron chi connectivity index (χ1n) is 9.49. The molecule has 150 valence electrons. The summed E-state index contributed by atoms with van der Waals surface area (Å²) in [5, 5.41) is 4.84. The summed E-state index contributed by atoms with van der Waals surface area (Å²) in [7, 11) is 0. The minimum Gasteiger partial charge on any atom is -0.361 e. The van der Waals surface area contributed by atoms with Gasteiger partial charge in [-0.3, -0.25) is 9.59 Å². The lowest BCUT2D eigenvalue weighted by atomic mass is 9.90. The summed E-state index contributed by atoms with van der Waals surface area (Å²) in [6.07, 6.45) is 1.98. The van der Waals surface area contributed by atoms with Gasteiger partial charge in [0.25, 0.3) is 0 Å². The van der Waals surface area contributed by atoms with Gasteiger partial charge in [-0.1, -0.05) is 48.0 Å². The van der Waals surface area contributed by atoms with Crippen molar-refractivity contribution >= 4 is 46.1 Å². The number of aromatic amines is 1. The summed E-state index contributed by atoms with van der Waals surface area (Å²) in [4.78, 5) is 29.6. The van der Waals surface area contributed by atoms with Crippen LogP contribution in [-0.2, 0) is 9.59 Å². The Kier molecular flexibility index (Phi) is 5.83. The predicted octanol–water partition coefficient (Wildman–Crippen LogP) is 3.99. The van der Waals surface area contributed by atoms with Crippen LogP contribution in [0.5, 0.6) is 0 Å². The number of benzene rings is 2. The Balaban J connectivity index is 1.62. The lowest BCUT2D eigenvalue weighted by Crippen LogP contribution is -2.47. The van der Waals surface area contributed by atoms with Crippen LogP contribution in [0.15, 0.2) is 54.7 Å². The van der Waals surface area contributed by atoms with E-state index in [0.717, 1.165) is 22.0 Å². The van der Waals surface area contributed by atoms with Crippen molar-refractivity contribution in [1.29, 1.82) is 0 Å². The molecule has 1 aromatic heterocycles. The van der Waals surface area contributed by atoms with Crippen LogP contribution < -0.4 is 5.32 Å². The molecule has 0 aliphatic carbocycles. The molecule has 0 bridgehead atoms. The van der Waals surface area contributed by atoms with Crippen LogP contribution in [0, 0.1) is 0 Å². The number of amides is 2. The fraction of sp³-hybridized carbons (Fsp3) is 0.273. The Morgan fingerprint density at radius 3 is 2.76 bits per heavy atom. The Labute approximate surface area is 178 Å². The maximum Gasteiger partial charge on any atom is 0.243 e. The van der Waals surface area contributed by atoms with Crippen molar-refractivity contribution < 1.29 is 9.59 Å². The third-order valence-electron chi connectivity index (χ3n) is 5.35. The number of para-hydroxylation sites is 1. The first-order valence-corrected chi connectivity index (χ1v) is 11.0. The van der Waals surface area contributed by atoms with Crippen LogP contribution in [0.1, 0.15) is 24.0 Å². The van der Waals surface area contributed by atoms with Crippen LogP contribution in [-0.4, -0.2) is 45.9 Å². The highest BCUT2D eigenvalue weighted by atomic mass is 35.5. The number of carbonyl (C=O) groups excluding carboxylic acids is 2. The molecule has 5 nitrogen and oxygen atoms in total. The molecule has 2 N–H and O–H groups in total. The standard InChI is InChI=1S/C22H22ClN3O2S/c1-14(27)26-13-29-12-21(26)22(28)25-11-17(15-6-2-4-8-19(15)23)18-10-24-20-9-5-3-7-16(18)20/h2-10,17,21,24H,11-13H2,1H3,(H,25,28). The fourth-order valence-corrected chi connectivity index (χ4v) is 5.30. The minimum atomic E-state index is -0.424. The van der Waals surface area contributed by atoms with Gasteiger partial charge in [0.15, 0.2) is 0 Å². The van der Waals surface area contributed by atoms with E-state index in [4.69, 9.17) is 11.6 Å². The van der Waals surface area contributed by atoms with E-state index in [2.05, 4.69) is 16.4 Å². The molecule has 1 saturated heterocycles. The Hall–Kier alpha value is -2.44. The summed E-state index contributed by atoms with van der Waals surface area (Å²) >= 11 is 8.11. The van der Waals surface area contributed by atoms with Crippen LogP contribution in [0.2, 0.25) is 5.02 Å². The second kappa shape index (κ2) is 8.51. The molecule has 1 aliphatic heterocycles. The van der Waals surface area contributed by atoms with Crippen LogP contribution in [0.3, 0.4) is 0 Å². The smallest absolute Gasteiger partial charge is 0.243 e. The lowest BCUT2D eigenvalue weighted by Gasteiger charge is -2.24. The zero-order chi connectivity index (χ0) is 20.4.